The highest BCUT2D eigenvalue weighted by molar-refractivity contribution is 7.22. The molecule has 0 bridgehead atoms. The van der Waals surface area contributed by atoms with Crippen LogP contribution in [0.3, 0.4) is 0 Å². The average molecular weight is 253 g/mol. The van der Waals surface area contributed by atoms with Gasteiger partial charge >= 0.3 is 0 Å². The van der Waals surface area contributed by atoms with Crippen LogP contribution in [0.5, 0.6) is 0 Å². The Kier molecular flexibility index (Phi) is 2.81. The van der Waals surface area contributed by atoms with Gasteiger partial charge in [-0.2, -0.15) is 0 Å². The first-order valence-corrected chi connectivity index (χ1v) is 6.32. The Morgan fingerprint density at radius 1 is 1.12 bits per heavy atom. The minimum atomic E-state index is -0.352. The van der Waals surface area contributed by atoms with E-state index in [0.717, 1.165) is 5.56 Å². The molecule has 0 fully saturated rings. The van der Waals surface area contributed by atoms with Crippen LogP contribution in [-0.4, -0.2) is 5.24 Å². The van der Waals surface area contributed by atoms with E-state index < -0.39 is 0 Å². The highest BCUT2D eigenvalue weighted by atomic mass is 35.5. The third kappa shape index (κ3) is 1.57. The molecule has 3 heteroatoms. The van der Waals surface area contributed by atoms with Gasteiger partial charge in [-0.05, 0) is 66.9 Å². The molecule has 2 aromatic rings. The van der Waals surface area contributed by atoms with Crippen molar-refractivity contribution in [2.45, 2.75) is 27.7 Å². The highest BCUT2D eigenvalue weighted by Crippen LogP contribution is 2.37. The normalized spacial score (nSPS) is 11.1. The van der Waals surface area contributed by atoms with Crippen LogP contribution in [0.25, 0.3) is 10.1 Å². The number of rotatable bonds is 1. The maximum atomic E-state index is 11.3. The summed E-state index contributed by atoms with van der Waals surface area (Å²) in [4.78, 5) is 12.0. The molecule has 0 unspecified atom stereocenters. The zero-order valence-electron chi connectivity index (χ0n) is 9.77. The second-order valence-corrected chi connectivity index (χ2v) is 5.53. The predicted molar refractivity (Wildman–Crippen MR) is 71.0 cm³/mol. The van der Waals surface area contributed by atoms with Gasteiger partial charge in [-0.1, -0.05) is 6.07 Å². The Morgan fingerprint density at radius 3 is 2.31 bits per heavy atom. The van der Waals surface area contributed by atoms with E-state index in [-0.39, 0.29) is 5.24 Å². The lowest BCUT2D eigenvalue weighted by Crippen LogP contribution is -1.88. The summed E-state index contributed by atoms with van der Waals surface area (Å²) in [7, 11) is 0. The van der Waals surface area contributed by atoms with Crippen LogP contribution < -0.4 is 0 Å². The van der Waals surface area contributed by atoms with Crippen molar-refractivity contribution in [1.29, 1.82) is 0 Å². The minimum absolute atomic E-state index is 0.352. The van der Waals surface area contributed by atoms with Crippen LogP contribution in [0.2, 0.25) is 0 Å². The lowest BCUT2D eigenvalue weighted by atomic mass is 9.99. The van der Waals surface area contributed by atoms with Gasteiger partial charge in [0.05, 0.1) is 4.88 Å². The average Bonchev–Trinajstić information content (AvgIpc) is 2.53. The quantitative estimate of drug-likeness (QED) is 0.683. The third-order valence-corrected chi connectivity index (χ3v) is 4.81. The largest absolute Gasteiger partial charge is 0.275 e. The van der Waals surface area contributed by atoms with Crippen molar-refractivity contribution in [1.82, 2.24) is 0 Å². The monoisotopic (exact) mass is 252 g/mol. The molecule has 0 aliphatic heterocycles. The maximum absolute atomic E-state index is 11.3. The fourth-order valence-electron chi connectivity index (χ4n) is 2.13. The zero-order valence-corrected chi connectivity index (χ0v) is 11.3. The second-order valence-electron chi connectivity index (χ2n) is 4.17. The SMILES string of the molecule is Cc1cc(C)c2sc(C(=O)Cl)c(C)c2c1C. The third-order valence-electron chi connectivity index (χ3n) is 3.08. The first-order valence-electron chi connectivity index (χ1n) is 5.13. The molecule has 1 heterocycles. The lowest BCUT2D eigenvalue weighted by Gasteiger charge is -2.05. The molecule has 0 N–H and O–H groups in total. The summed E-state index contributed by atoms with van der Waals surface area (Å²) in [6.45, 7) is 8.24. The molecule has 1 aromatic carbocycles. The van der Waals surface area contributed by atoms with E-state index in [2.05, 4.69) is 26.8 Å². The van der Waals surface area contributed by atoms with Crippen molar-refractivity contribution in [3.63, 3.8) is 0 Å². The van der Waals surface area contributed by atoms with Crippen molar-refractivity contribution in [2.24, 2.45) is 0 Å². The van der Waals surface area contributed by atoms with Crippen molar-refractivity contribution in [3.05, 3.63) is 33.2 Å². The van der Waals surface area contributed by atoms with Crippen LogP contribution >= 0.6 is 22.9 Å². The number of halogens is 1. The van der Waals surface area contributed by atoms with Gasteiger partial charge in [-0.15, -0.1) is 11.3 Å². The lowest BCUT2D eigenvalue weighted by molar-refractivity contribution is 0.108. The number of carbonyl (C=O) groups is 1. The molecule has 0 atom stereocenters. The van der Waals surface area contributed by atoms with Crippen molar-refractivity contribution < 1.29 is 4.79 Å². The highest BCUT2D eigenvalue weighted by Gasteiger charge is 2.17. The molecule has 0 saturated carbocycles. The number of aryl methyl sites for hydroxylation is 4. The number of thiophene rings is 1. The van der Waals surface area contributed by atoms with Crippen LogP contribution in [0.4, 0.5) is 0 Å². The Bertz CT molecular complexity index is 596. The van der Waals surface area contributed by atoms with Crippen molar-refractivity contribution in [2.75, 3.05) is 0 Å². The van der Waals surface area contributed by atoms with E-state index in [0.29, 0.717) is 4.88 Å². The van der Waals surface area contributed by atoms with E-state index in [9.17, 15) is 4.79 Å². The molecular weight excluding hydrogens is 240 g/mol. The molecule has 2 rings (SSSR count). The summed E-state index contributed by atoms with van der Waals surface area (Å²) in [5.74, 6) is 0. The van der Waals surface area contributed by atoms with Crippen molar-refractivity contribution >= 4 is 38.3 Å². The Balaban J connectivity index is 2.97. The van der Waals surface area contributed by atoms with E-state index in [1.54, 1.807) is 0 Å². The first kappa shape index (κ1) is 11.6. The number of hydrogen-bond acceptors (Lipinski definition) is 2. The first-order chi connectivity index (χ1) is 7.43. The predicted octanol–water partition coefficient (Wildman–Crippen LogP) is 4.51. The standard InChI is InChI=1S/C13H13ClOS/c1-6-5-7(2)11-10(8(6)3)9(4)12(16-11)13(14)15/h5H,1-4H3. The van der Waals surface area contributed by atoms with Gasteiger partial charge in [0.1, 0.15) is 0 Å². The van der Waals surface area contributed by atoms with E-state index in [4.69, 9.17) is 11.6 Å². The fraction of sp³-hybridized carbons (Fsp3) is 0.308. The van der Waals surface area contributed by atoms with Gasteiger partial charge in [0.15, 0.2) is 0 Å². The molecule has 0 aliphatic carbocycles. The smallest absolute Gasteiger partial charge is 0.262 e. The second kappa shape index (κ2) is 3.86. The molecular formula is C13H13ClOS. The summed E-state index contributed by atoms with van der Waals surface area (Å²) in [6.07, 6.45) is 0. The number of hydrogen-bond donors (Lipinski definition) is 0. The Hall–Kier alpha value is -0.860. The van der Waals surface area contributed by atoms with Gasteiger partial charge < -0.3 is 0 Å². The van der Waals surface area contributed by atoms with Crippen LogP contribution in [-0.2, 0) is 0 Å². The molecule has 0 amide bonds. The molecule has 0 spiro atoms. The van der Waals surface area contributed by atoms with Gasteiger partial charge in [-0.25, -0.2) is 0 Å². The zero-order chi connectivity index (χ0) is 12.0. The molecule has 0 aliphatic rings. The summed E-state index contributed by atoms with van der Waals surface area (Å²) in [5.41, 5.74) is 4.75. The number of benzene rings is 1. The van der Waals surface area contributed by atoms with E-state index in [1.165, 1.54) is 38.1 Å². The number of carbonyl (C=O) groups excluding carboxylic acids is 1. The summed E-state index contributed by atoms with van der Waals surface area (Å²) >= 11 is 7.10. The van der Waals surface area contributed by atoms with E-state index >= 15 is 0 Å². The molecule has 1 aromatic heterocycles. The van der Waals surface area contributed by atoms with Crippen LogP contribution in [0.15, 0.2) is 6.07 Å². The van der Waals surface area contributed by atoms with Gasteiger partial charge in [0.25, 0.3) is 5.24 Å². The van der Waals surface area contributed by atoms with Crippen LogP contribution in [0, 0.1) is 27.7 Å². The van der Waals surface area contributed by atoms with E-state index in [1.807, 2.05) is 6.92 Å². The molecule has 0 saturated heterocycles. The molecule has 0 radical (unpaired) electrons. The van der Waals surface area contributed by atoms with Crippen LogP contribution in [0.1, 0.15) is 31.9 Å². The number of fused-ring (bicyclic) bond motifs is 1. The van der Waals surface area contributed by atoms with Gasteiger partial charge in [-0.3, -0.25) is 4.79 Å². The Labute approximate surface area is 104 Å². The Morgan fingerprint density at radius 2 is 1.75 bits per heavy atom. The minimum Gasteiger partial charge on any atom is -0.275 e. The summed E-state index contributed by atoms with van der Waals surface area (Å²) in [5, 5.41) is 0.849. The summed E-state index contributed by atoms with van der Waals surface area (Å²) < 4.78 is 1.18. The molecule has 16 heavy (non-hydrogen) atoms. The molecule has 84 valence electrons. The topological polar surface area (TPSA) is 17.1 Å². The van der Waals surface area contributed by atoms with Gasteiger partial charge in [0, 0.05) is 4.70 Å². The fourth-order valence-corrected chi connectivity index (χ4v) is 3.55. The maximum Gasteiger partial charge on any atom is 0.262 e. The summed E-state index contributed by atoms with van der Waals surface area (Å²) in [6, 6.07) is 2.16. The molecule has 1 nitrogen and oxygen atoms in total. The van der Waals surface area contributed by atoms with Crippen molar-refractivity contribution in [3.8, 4) is 0 Å². The van der Waals surface area contributed by atoms with Gasteiger partial charge in [0.2, 0.25) is 0 Å².